The smallest absolute Gasteiger partial charge is 0.146 e. The van der Waals surface area contributed by atoms with Crippen LogP contribution in [0.1, 0.15) is 51.2 Å². The topological polar surface area (TPSA) is 23.5 Å². The summed E-state index contributed by atoms with van der Waals surface area (Å²) in [6.07, 6.45) is 2.25. The van der Waals surface area contributed by atoms with Crippen molar-refractivity contribution in [3.05, 3.63) is 33.8 Å². The highest BCUT2D eigenvalue weighted by atomic mass is 79.9. The van der Waals surface area contributed by atoms with E-state index in [0.29, 0.717) is 12.8 Å². The molecule has 2 rings (SSSR count). The summed E-state index contributed by atoms with van der Waals surface area (Å²) in [6.45, 7) is 5.68. The van der Waals surface area contributed by atoms with Crippen LogP contribution >= 0.6 is 15.9 Å². The number of halogens is 3. The van der Waals surface area contributed by atoms with Gasteiger partial charge in [-0.1, -0.05) is 13.8 Å². The second-order valence-corrected chi connectivity index (χ2v) is 6.52. The highest BCUT2D eigenvalue weighted by molar-refractivity contribution is 9.10. The molecule has 1 aromatic rings. The van der Waals surface area contributed by atoms with Crippen molar-refractivity contribution in [1.29, 1.82) is 0 Å². The van der Waals surface area contributed by atoms with E-state index < -0.39 is 23.3 Å². The maximum atomic E-state index is 14.3. The molecule has 2 nitrogen and oxygen atoms in total. The van der Waals surface area contributed by atoms with Crippen LogP contribution in [-0.2, 0) is 0 Å². The average molecular weight is 362 g/mol. The van der Waals surface area contributed by atoms with Gasteiger partial charge in [-0.2, -0.15) is 0 Å². The molecule has 1 unspecified atom stereocenters. The summed E-state index contributed by atoms with van der Waals surface area (Å²) in [6, 6.07) is 2.53. The van der Waals surface area contributed by atoms with Gasteiger partial charge in [-0.15, -0.1) is 0 Å². The van der Waals surface area contributed by atoms with Gasteiger partial charge in [-0.05, 0) is 66.8 Å². The number of likely N-dealkylation sites (tertiary alicyclic amines) is 1. The van der Waals surface area contributed by atoms with Gasteiger partial charge in [0.2, 0.25) is 0 Å². The van der Waals surface area contributed by atoms with Crippen LogP contribution in [0.5, 0.6) is 0 Å². The third kappa shape index (κ3) is 2.88. The fraction of sp³-hybridized carbons (Fsp3) is 0.625. The zero-order valence-electron chi connectivity index (χ0n) is 12.5. The Morgan fingerprint density at radius 1 is 1.24 bits per heavy atom. The van der Waals surface area contributed by atoms with Crippen molar-refractivity contribution in [2.45, 2.75) is 51.2 Å². The molecular weight excluding hydrogens is 340 g/mol. The Hall–Kier alpha value is -0.520. The number of benzene rings is 1. The molecule has 1 aromatic carbocycles. The van der Waals surface area contributed by atoms with E-state index in [4.69, 9.17) is 0 Å². The van der Waals surface area contributed by atoms with Gasteiger partial charge in [-0.25, -0.2) is 8.78 Å². The number of aliphatic hydroxyl groups is 1. The molecule has 1 aliphatic rings. The molecule has 1 fully saturated rings. The molecular formula is C16H22BrF2NO. The van der Waals surface area contributed by atoms with E-state index in [-0.39, 0.29) is 10.0 Å². The average Bonchev–Trinajstić information content (AvgIpc) is 3.00. The van der Waals surface area contributed by atoms with Crippen molar-refractivity contribution in [2.75, 3.05) is 13.1 Å². The quantitative estimate of drug-likeness (QED) is 0.784. The van der Waals surface area contributed by atoms with Crippen LogP contribution in [0.15, 0.2) is 16.6 Å². The maximum absolute atomic E-state index is 14.3. The Morgan fingerprint density at radius 3 is 2.33 bits per heavy atom. The monoisotopic (exact) mass is 361 g/mol. The molecule has 1 saturated heterocycles. The summed E-state index contributed by atoms with van der Waals surface area (Å²) in [5, 5.41) is 10.8. The normalized spacial score (nSPS) is 18.2. The van der Waals surface area contributed by atoms with Gasteiger partial charge in [0.25, 0.3) is 0 Å². The van der Waals surface area contributed by atoms with E-state index in [1.807, 2.05) is 13.8 Å². The molecule has 21 heavy (non-hydrogen) atoms. The lowest BCUT2D eigenvalue weighted by atomic mass is 9.81. The Morgan fingerprint density at radius 2 is 1.81 bits per heavy atom. The Bertz CT molecular complexity index is 499. The van der Waals surface area contributed by atoms with Crippen LogP contribution in [0.2, 0.25) is 0 Å². The number of hydrogen-bond acceptors (Lipinski definition) is 2. The first-order valence-electron chi connectivity index (χ1n) is 7.54. The third-order valence-electron chi connectivity index (χ3n) is 4.82. The van der Waals surface area contributed by atoms with E-state index in [0.717, 1.165) is 25.9 Å². The lowest BCUT2D eigenvalue weighted by Gasteiger charge is -2.44. The summed E-state index contributed by atoms with van der Waals surface area (Å²) >= 11 is 3.08. The number of hydrogen-bond donors (Lipinski definition) is 1. The van der Waals surface area contributed by atoms with Crippen LogP contribution in [0.4, 0.5) is 8.78 Å². The molecule has 1 heterocycles. The minimum absolute atomic E-state index is 0.181. The van der Waals surface area contributed by atoms with Gasteiger partial charge in [0.05, 0.1) is 15.6 Å². The van der Waals surface area contributed by atoms with Crippen molar-refractivity contribution in [3.63, 3.8) is 0 Å². The summed E-state index contributed by atoms with van der Waals surface area (Å²) in [5.74, 6) is -1.39. The highest BCUT2D eigenvalue weighted by Crippen LogP contribution is 2.41. The van der Waals surface area contributed by atoms with Crippen LogP contribution in [0, 0.1) is 11.6 Å². The van der Waals surface area contributed by atoms with Gasteiger partial charge in [0, 0.05) is 0 Å². The molecule has 1 N–H and O–H groups in total. The fourth-order valence-corrected chi connectivity index (χ4v) is 3.83. The SMILES string of the molecule is CCC(CC)(C(O)c1c(F)ccc(Br)c1F)N1CCCC1. The molecule has 0 aliphatic carbocycles. The summed E-state index contributed by atoms with van der Waals surface area (Å²) in [4.78, 5) is 2.19. The Labute approximate surface area is 133 Å². The molecule has 0 spiro atoms. The summed E-state index contributed by atoms with van der Waals surface area (Å²) < 4.78 is 28.6. The van der Waals surface area contributed by atoms with Crippen molar-refractivity contribution in [2.24, 2.45) is 0 Å². The van der Waals surface area contributed by atoms with Gasteiger partial charge in [0.15, 0.2) is 0 Å². The number of aliphatic hydroxyl groups excluding tert-OH is 1. The molecule has 0 amide bonds. The van der Waals surface area contributed by atoms with Crippen molar-refractivity contribution in [1.82, 2.24) is 4.90 Å². The summed E-state index contributed by atoms with van der Waals surface area (Å²) in [5.41, 5.74) is -0.834. The first kappa shape index (κ1) is 16.8. The maximum Gasteiger partial charge on any atom is 0.146 e. The fourth-order valence-electron chi connectivity index (χ4n) is 3.48. The van der Waals surface area contributed by atoms with Crippen LogP contribution in [-0.4, -0.2) is 28.6 Å². The van der Waals surface area contributed by atoms with Gasteiger partial charge >= 0.3 is 0 Å². The van der Waals surface area contributed by atoms with Crippen LogP contribution < -0.4 is 0 Å². The van der Waals surface area contributed by atoms with Gasteiger partial charge in [0.1, 0.15) is 17.7 Å². The van der Waals surface area contributed by atoms with E-state index in [2.05, 4.69) is 20.8 Å². The predicted octanol–water partition coefficient (Wildman–Crippen LogP) is 4.42. The van der Waals surface area contributed by atoms with E-state index in [1.54, 1.807) is 0 Å². The molecule has 118 valence electrons. The van der Waals surface area contributed by atoms with Crippen molar-refractivity contribution >= 4 is 15.9 Å². The first-order valence-corrected chi connectivity index (χ1v) is 8.33. The largest absolute Gasteiger partial charge is 0.386 e. The molecule has 5 heteroatoms. The third-order valence-corrected chi connectivity index (χ3v) is 5.43. The standard InChI is InChI=1S/C16H22BrF2NO/c1-3-16(4-2,20-9-5-6-10-20)15(21)13-12(18)8-7-11(17)14(13)19/h7-8,15,21H,3-6,9-10H2,1-2H3. The van der Waals surface area contributed by atoms with Crippen LogP contribution in [0.3, 0.4) is 0 Å². The first-order chi connectivity index (χ1) is 9.97. The van der Waals surface area contributed by atoms with Crippen molar-refractivity contribution < 1.29 is 13.9 Å². The van der Waals surface area contributed by atoms with E-state index in [9.17, 15) is 13.9 Å². The highest BCUT2D eigenvalue weighted by Gasteiger charge is 2.44. The Balaban J connectivity index is 2.48. The second-order valence-electron chi connectivity index (χ2n) is 5.66. The van der Waals surface area contributed by atoms with Crippen LogP contribution in [0.25, 0.3) is 0 Å². The second kappa shape index (κ2) is 6.71. The van der Waals surface area contributed by atoms with Gasteiger partial charge in [-0.3, -0.25) is 4.90 Å². The number of nitrogens with zero attached hydrogens (tertiary/aromatic N) is 1. The lowest BCUT2D eigenvalue weighted by molar-refractivity contribution is -0.0330. The molecule has 1 atom stereocenters. The van der Waals surface area contributed by atoms with Gasteiger partial charge < -0.3 is 5.11 Å². The number of rotatable bonds is 5. The molecule has 0 aromatic heterocycles. The molecule has 1 aliphatic heterocycles. The van der Waals surface area contributed by atoms with Crippen molar-refractivity contribution in [3.8, 4) is 0 Å². The minimum Gasteiger partial charge on any atom is -0.386 e. The summed E-state index contributed by atoms with van der Waals surface area (Å²) in [7, 11) is 0. The zero-order valence-corrected chi connectivity index (χ0v) is 14.1. The molecule has 0 radical (unpaired) electrons. The zero-order chi connectivity index (χ0) is 15.6. The Kier molecular flexibility index (Phi) is 5.38. The lowest BCUT2D eigenvalue weighted by Crippen LogP contribution is -2.51. The molecule has 0 bridgehead atoms. The van der Waals surface area contributed by atoms with E-state index in [1.165, 1.54) is 12.1 Å². The van der Waals surface area contributed by atoms with E-state index >= 15 is 0 Å². The minimum atomic E-state index is -1.18. The predicted molar refractivity (Wildman–Crippen MR) is 83.1 cm³/mol. The molecule has 0 saturated carbocycles.